The van der Waals surface area contributed by atoms with Gasteiger partial charge in [-0.2, -0.15) is 4.98 Å². The highest BCUT2D eigenvalue weighted by Gasteiger charge is 2.23. The second-order valence-corrected chi connectivity index (χ2v) is 7.80. The zero-order chi connectivity index (χ0) is 14.7. The highest BCUT2D eigenvalue weighted by molar-refractivity contribution is 7.94. The van der Waals surface area contributed by atoms with Gasteiger partial charge in [-0.25, -0.2) is 4.98 Å². The lowest BCUT2D eigenvalue weighted by atomic mass is 9.95. The van der Waals surface area contributed by atoms with Gasteiger partial charge in [0.1, 0.15) is 10.3 Å². The third kappa shape index (κ3) is 3.72. The van der Waals surface area contributed by atoms with Crippen LogP contribution in [0.4, 0.5) is 0 Å². The van der Waals surface area contributed by atoms with E-state index in [0.717, 1.165) is 36.0 Å². The molecule has 1 atom stereocenters. The van der Waals surface area contributed by atoms with Crippen LogP contribution in [0.3, 0.4) is 0 Å². The molecule has 1 saturated carbocycles. The van der Waals surface area contributed by atoms with Gasteiger partial charge in [-0.3, -0.25) is 4.79 Å². The number of hydrogen-bond donors (Lipinski definition) is 1. The van der Waals surface area contributed by atoms with Crippen molar-refractivity contribution in [2.45, 2.75) is 42.5 Å². The highest BCUT2D eigenvalue weighted by atomic mass is 32.2. The van der Waals surface area contributed by atoms with Crippen LogP contribution in [0.25, 0.3) is 10.3 Å². The van der Waals surface area contributed by atoms with Crippen molar-refractivity contribution < 1.29 is 9.35 Å². The maximum absolute atomic E-state index is 12.2. The van der Waals surface area contributed by atoms with E-state index in [1.807, 2.05) is 6.07 Å². The number of carbonyl (C=O) groups is 1. The van der Waals surface area contributed by atoms with Crippen LogP contribution in [0.15, 0.2) is 22.7 Å². The molecule has 1 N–H and O–H groups in total. The number of nitrogens with one attached hydrogen (secondary N) is 1. The Morgan fingerprint density at radius 1 is 1.43 bits per heavy atom. The molecular weight excluding hydrogens is 306 g/mol. The number of hydrogen-bond acceptors (Lipinski definition) is 5. The molecule has 0 saturated heterocycles. The SMILES string of the molecule is O=C(C[S+]([O-])c1nc2cccnc2s1)NC1CCCCC1. The molecule has 1 amide bonds. The molecule has 0 bridgehead atoms. The minimum Gasteiger partial charge on any atom is -0.609 e. The Bertz CT molecular complexity index is 592. The Labute approximate surface area is 130 Å². The minimum absolute atomic E-state index is 0.0175. The molecule has 3 rings (SSSR count). The van der Waals surface area contributed by atoms with Gasteiger partial charge in [0.25, 0.3) is 5.91 Å². The molecule has 112 valence electrons. The van der Waals surface area contributed by atoms with Crippen molar-refractivity contribution >= 4 is 38.8 Å². The smallest absolute Gasteiger partial charge is 0.304 e. The summed E-state index contributed by atoms with van der Waals surface area (Å²) in [7, 11) is 0. The van der Waals surface area contributed by atoms with Crippen molar-refractivity contribution in [3.8, 4) is 0 Å². The second-order valence-electron chi connectivity index (χ2n) is 5.20. The number of carbonyl (C=O) groups excluding carboxylic acids is 1. The molecule has 1 unspecified atom stereocenters. The highest BCUT2D eigenvalue weighted by Crippen LogP contribution is 2.24. The maximum Gasteiger partial charge on any atom is 0.304 e. The molecule has 0 spiro atoms. The van der Waals surface area contributed by atoms with Crippen LogP contribution in [0.5, 0.6) is 0 Å². The number of amides is 1. The summed E-state index contributed by atoms with van der Waals surface area (Å²) >= 11 is -0.104. The van der Waals surface area contributed by atoms with Crippen molar-refractivity contribution in [2.24, 2.45) is 0 Å². The number of fused-ring (bicyclic) bond motifs is 1. The summed E-state index contributed by atoms with van der Waals surface area (Å²) in [6.07, 6.45) is 7.32. The topological polar surface area (TPSA) is 77.9 Å². The lowest BCUT2D eigenvalue weighted by Crippen LogP contribution is -2.39. The predicted molar refractivity (Wildman–Crippen MR) is 83.7 cm³/mol. The summed E-state index contributed by atoms with van der Waals surface area (Å²) in [6.45, 7) is 0. The second kappa shape index (κ2) is 6.72. The van der Waals surface area contributed by atoms with Gasteiger partial charge < -0.3 is 9.87 Å². The number of rotatable bonds is 4. The average molecular weight is 323 g/mol. The molecule has 5 nitrogen and oxygen atoms in total. The Hall–Kier alpha value is -1.18. The van der Waals surface area contributed by atoms with Gasteiger partial charge in [0.2, 0.25) is 0 Å². The quantitative estimate of drug-likeness (QED) is 0.875. The zero-order valence-corrected chi connectivity index (χ0v) is 13.2. The molecule has 0 aliphatic heterocycles. The van der Waals surface area contributed by atoms with Crippen LogP contribution in [0.1, 0.15) is 32.1 Å². The molecule has 0 radical (unpaired) electrons. The number of aromatic nitrogens is 2. The number of thiazole rings is 1. The third-order valence-electron chi connectivity index (χ3n) is 3.57. The molecule has 2 heterocycles. The Balaban J connectivity index is 1.59. The average Bonchev–Trinajstić information content (AvgIpc) is 2.92. The van der Waals surface area contributed by atoms with Gasteiger partial charge in [0.15, 0.2) is 5.75 Å². The van der Waals surface area contributed by atoms with Gasteiger partial charge in [0.05, 0.1) is 0 Å². The van der Waals surface area contributed by atoms with Crippen LogP contribution in [0.2, 0.25) is 0 Å². The minimum atomic E-state index is -1.40. The summed E-state index contributed by atoms with van der Waals surface area (Å²) < 4.78 is 12.7. The molecule has 7 heteroatoms. The van der Waals surface area contributed by atoms with Gasteiger partial charge >= 0.3 is 4.34 Å². The maximum atomic E-state index is 12.2. The van der Waals surface area contributed by atoms with E-state index in [9.17, 15) is 9.35 Å². The first-order valence-electron chi connectivity index (χ1n) is 7.11. The van der Waals surface area contributed by atoms with Crippen LogP contribution < -0.4 is 5.32 Å². The molecule has 1 aliphatic rings. The van der Waals surface area contributed by atoms with Crippen LogP contribution in [-0.4, -0.2) is 32.2 Å². The molecule has 21 heavy (non-hydrogen) atoms. The van der Waals surface area contributed by atoms with Crippen LogP contribution >= 0.6 is 11.3 Å². The van der Waals surface area contributed by atoms with Crippen LogP contribution in [0, 0.1) is 0 Å². The van der Waals surface area contributed by atoms with E-state index in [2.05, 4.69) is 15.3 Å². The van der Waals surface area contributed by atoms with Gasteiger partial charge in [0, 0.05) is 23.4 Å². The van der Waals surface area contributed by atoms with E-state index in [0.29, 0.717) is 4.34 Å². The molecule has 0 aromatic carbocycles. The molecule has 2 aromatic heterocycles. The summed E-state index contributed by atoms with van der Waals surface area (Å²) in [6, 6.07) is 3.88. The van der Waals surface area contributed by atoms with E-state index >= 15 is 0 Å². The first kappa shape index (κ1) is 14.7. The predicted octanol–water partition coefficient (Wildman–Crippen LogP) is 2.25. The lowest BCUT2D eigenvalue weighted by molar-refractivity contribution is -0.119. The van der Waals surface area contributed by atoms with E-state index in [1.54, 1.807) is 12.3 Å². The van der Waals surface area contributed by atoms with Crippen molar-refractivity contribution in [1.82, 2.24) is 15.3 Å². The van der Waals surface area contributed by atoms with Crippen molar-refractivity contribution in [1.29, 1.82) is 0 Å². The van der Waals surface area contributed by atoms with Crippen molar-refractivity contribution in [3.63, 3.8) is 0 Å². The Morgan fingerprint density at radius 2 is 2.24 bits per heavy atom. The fourth-order valence-electron chi connectivity index (χ4n) is 2.54. The van der Waals surface area contributed by atoms with E-state index < -0.39 is 11.2 Å². The summed E-state index contributed by atoms with van der Waals surface area (Å²) in [4.78, 5) is 21.2. The summed E-state index contributed by atoms with van der Waals surface area (Å²) in [5.74, 6) is -0.163. The van der Waals surface area contributed by atoms with E-state index in [1.165, 1.54) is 17.8 Å². The van der Waals surface area contributed by atoms with Crippen molar-refractivity contribution in [2.75, 3.05) is 5.75 Å². The fraction of sp³-hybridized carbons (Fsp3) is 0.500. The van der Waals surface area contributed by atoms with E-state index in [4.69, 9.17) is 0 Å². The van der Waals surface area contributed by atoms with Gasteiger partial charge in [-0.1, -0.05) is 19.3 Å². The molecule has 1 fully saturated rings. The largest absolute Gasteiger partial charge is 0.609 e. The van der Waals surface area contributed by atoms with Crippen molar-refractivity contribution in [3.05, 3.63) is 18.3 Å². The first-order valence-corrected chi connectivity index (χ1v) is 9.25. The summed E-state index contributed by atoms with van der Waals surface area (Å²) in [5.41, 5.74) is 0.735. The molecular formula is C14H17N3O2S2. The van der Waals surface area contributed by atoms with Gasteiger partial charge in [-0.15, -0.1) is 0 Å². The normalized spacial score (nSPS) is 17.8. The van der Waals surface area contributed by atoms with Crippen LogP contribution in [-0.2, 0) is 16.0 Å². The third-order valence-corrected chi connectivity index (χ3v) is 6.16. The Kier molecular flexibility index (Phi) is 4.72. The lowest BCUT2D eigenvalue weighted by Gasteiger charge is -2.22. The fourth-order valence-corrected chi connectivity index (χ4v) is 4.62. The summed E-state index contributed by atoms with van der Waals surface area (Å²) in [5, 5.41) is 2.98. The standard InChI is InChI=1S/C14H17N3O2S2/c18-12(16-10-5-2-1-3-6-10)9-21(19)14-17-11-7-4-8-15-13(11)20-14/h4,7-8,10H,1-3,5-6,9H2,(H,16,18). The first-order chi connectivity index (χ1) is 10.2. The molecule has 1 aliphatic carbocycles. The monoisotopic (exact) mass is 323 g/mol. The van der Waals surface area contributed by atoms with E-state index in [-0.39, 0.29) is 17.7 Å². The zero-order valence-electron chi connectivity index (χ0n) is 11.6. The van der Waals surface area contributed by atoms with Gasteiger partial charge in [-0.05, 0) is 36.3 Å². The Morgan fingerprint density at radius 3 is 3.00 bits per heavy atom. The number of nitrogens with zero attached hydrogens (tertiary/aromatic N) is 2. The molecule has 2 aromatic rings. The number of pyridine rings is 1.